The van der Waals surface area contributed by atoms with Crippen LogP contribution in [0.5, 0.6) is 0 Å². The molecule has 5 rings (SSSR count). The van der Waals surface area contributed by atoms with Gasteiger partial charge in [0.05, 0.1) is 11.4 Å². The van der Waals surface area contributed by atoms with E-state index in [1.165, 1.54) is 12.1 Å². The van der Waals surface area contributed by atoms with Crippen molar-refractivity contribution in [3.8, 4) is 0 Å². The van der Waals surface area contributed by atoms with Crippen LogP contribution in [0.3, 0.4) is 0 Å². The highest BCUT2D eigenvalue weighted by Crippen LogP contribution is 2.33. The van der Waals surface area contributed by atoms with E-state index in [0.717, 1.165) is 27.9 Å². The molecule has 0 atom stereocenters. The number of carbonyl (C=O) groups is 1. The summed E-state index contributed by atoms with van der Waals surface area (Å²) < 4.78 is 13.5. The fourth-order valence-corrected chi connectivity index (χ4v) is 3.59. The molecule has 0 amide bonds. The zero-order valence-electron chi connectivity index (χ0n) is 14.8. The summed E-state index contributed by atoms with van der Waals surface area (Å²) in [5, 5.41) is 0.805. The molecular formula is C24H15FN2O. The molecule has 3 aromatic carbocycles. The number of aromatic amines is 1. The van der Waals surface area contributed by atoms with Crippen LogP contribution in [0.1, 0.15) is 21.5 Å². The summed E-state index contributed by atoms with van der Waals surface area (Å²) in [5.74, 6) is -0.380. The quantitative estimate of drug-likeness (QED) is 0.485. The van der Waals surface area contributed by atoms with Gasteiger partial charge in [-0.25, -0.2) is 9.38 Å². The van der Waals surface area contributed by atoms with Crippen molar-refractivity contribution in [2.45, 2.75) is 0 Å². The van der Waals surface area contributed by atoms with Crippen molar-refractivity contribution in [2.75, 3.05) is 0 Å². The number of hydrogen-bond acceptors (Lipinski definition) is 2. The van der Waals surface area contributed by atoms with Crippen LogP contribution in [0.2, 0.25) is 0 Å². The number of aliphatic imine (C=N–C) groups is 1. The lowest BCUT2D eigenvalue weighted by Crippen LogP contribution is -2.16. The monoisotopic (exact) mass is 366 g/mol. The Balaban J connectivity index is 1.73. The van der Waals surface area contributed by atoms with Gasteiger partial charge in [0.15, 0.2) is 5.78 Å². The Labute approximate surface area is 160 Å². The Hall–Kier alpha value is -3.79. The molecule has 0 saturated carbocycles. The number of halogens is 1. The van der Waals surface area contributed by atoms with Crippen molar-refractivity contribution in [1.29, 1.82) is 0 Å². The van der Waals surface area contributed by atoms with E-state index in [9.17, 15) is 9.18 Å². The van der Waals surface area contributed by atoms with E-state index in [2.05, 4.69) is 4.98 Å². The number of rotatable bonds is 2. The van der Waals surface area contributed by atoms with Gasteiger partial charge in [0, 0.05) is 39.4 Å². The molecule has 0 saturated heterocycles. The molecule has 28 heavy (non-hydrogen) atoms. The largest absolute Gasteiger partial charge is 0.360 e. The first kappa shape index (κ1) is 16.4. The van der Waals surface area contributed by atoms with E-state index in [4.69, 9.17) is 4.99 Å². The van der Waals surface area contributed by atoms with E-state index >= 15 is 0 Å². The zero-order valence-corrected chi connectivity index (χ0v) is 14.8. The highest BCUT2D eigenvalue weighted by Gasteiger charge is 2.26. The average molecular weight is 366 g/mol. The van der Waals surface area contributed by atoms with Gasteiger partial charge in [-0.05, 0) is 36.4 Å². The maximum absolute atomic E-state index is 13.5. The third-order valence-electron chi connectivity index (χ3n) is 4.91. The van der Waals surface area contributed by atoms with Crippen LogP contribution < -0.4 is 0 Å². The lowest BCUT2D eigenvalue weighted by molar-refractivity contribution is 0.105. The molecule has 3 nitrogen and oxygen atoms in total. The normalized spacial score (nSPS) is 15.0. The Morgan fingerprint density at radius 3 is 2.39 bits per heavy atom. The molecule has 134 valence electrons. The van der Waals surface area contributed by atoms with Crippen molar-refractivity contribution in [3.05, 3.63) is 108 Å². The number of allylic oxidation sites excluding steroid dienone is 2. The molecule has 1 heterocycles. The Bertz CT molecular complexity index is 1280. The predicted molar refractivity (Wildman–Crippen MR) is 110 cm³/mol. The molecule has 1 aliphatic rings. The number of para-hydroxylation sites is 1. The number of Topliss-reactive ketones (excluding diaryl/α,β-unsaturated/α-hetero) is 1. The van der Waals surface area contributed by atoms with Crippen LogP contribution in [-0.4, -0.2) is 16.5 Å². The van der Waals surface area contributed by atoms with Crippen LogP contribution in [0.15, 0.2) is 90.1 Å². The molecule has 0 bridgehead atoms. The maximum atomic E-state index is 13.5. The molecular weight excluding hydrogens is 351 g/mol. The second kappa shape index (κ2) is 6.43. The van der Waals surface area contributed by atoms with Crippen LogP contribution in [0.4, 0.5) is 10.1 Å². The zero-order chi connectivity index (χ0) is 19.1. The van der Waals surface area contributed by atoms with Gasteiger partial charge in [-0.15, -0.1) is 0 Å². The molecule has 0 unspecified atom stereocenters. The van der Waals surface area contributed by atoms with Gasteiger partial charge in [0.2, 0.25) is 0 Å². The molecule has 0 aliphatic heterocycles. The third-order valence-corrected chi connectivity index (χ3v) is 4.91. The Morgan fingerprint density at radius 1 is 0.821 bits per heavy atom. The molecule has 1 aliphatic carbocycles. The molecule has 0 radical (unpaired) electrons. The summed E-state index contributed by atoms with van der Waals surface area (Å²) in [6.07, 6.45) is 3.57. The Kier molecular flexibility index (Phi) is 3.76. The number of hydrogen-bond donors (Lipinski definition) is 1. The van der Waals surface area contributed by atoms with Crippen molar-refractivity contribution in [1.82, 2.24) is 4.98 Å². The highest BCUT2D eigenvalue weighted by molar-refractivity contribution is 6.40. The molecule has 4 aromatic rings. The lowest BCUT2D eigenvalue weighted by Gasteiger charge is -2.17. The molecule has 0 fully saturated rings. The fourth-order valence-electron chi connectivity index (χ4n) is 3.59. The lowest BCUT2D eigenvalue weighted by atomic mass is 9.85. The van der Waals surface area contributed by atoms with Gasteiger partial charge in [-0.1, -0.05) is 42.5 Å². The third kappa shape index (κ3) is 2.67. The van der Waals surface area contributed by atoms with Gasteiger partial charge in [0.1, 0.15) is 5.82 Å². The maximum Gasteiger partial charge on any atom is 0.194 e. The summed E-state index contributed by atoms with van der Waals surface area (Å²) in [4.78, 5) is 21.0. The smallest absolute Gasteiger partial charge is 0.194 e. The van der Waals surface area contributed by atoms with Crippen molar-refractivity contribution in [2.24, 2.45) is 4.99 Å². The minimum Gasteiger partial charge on any atom is -0.360 e. The van der Waals surface area contributed by atoms with Crippen LogP contribution in [0.25, 0.3) is 16.5 Å². The average Bonchev–Trinajstić information content (AvgIpc) is 3.14. The van der Waals surface area contributed by atoms with Crippen molar-refractivity contribution in [3.63, 3.8) is 0 Å². The fraction of sp³-hybridized carbons (Fsp3) is 0. The van der Waals surface area contributed by atoms with Crippen LogP contribution >= 0.6 is 0 Å². The molecule has 1 aromatic heterocycles. The summed E-state index contributed by atoms with van der Waals surface area (Å²) in [6.45, 7) is 0. The number of fused-ring (bicyclic) bond motifs is 2. The van der Waals surface area contributed by atoms with Crippen molar-refractivity contribution >= 4 is 33.7 Å². The minimum absolute atomic E-state index is 0.0622. The first-order valence-electron chi connectivity index (χ1n) is 8.97. The first-order valence-corrected chi connectivity index (χ1v) is 8.97. The standard InChI is InChI=1S/C24H15FN2O/c25-15-10-11-18-21(14-26-22(18)12-15)20-13-23(27-16-6-2-1-3-7-16)17-8-4-5-9-19(17)24(20)28/h1-14,26H. The number of aromatic nitrogens is 1. The van der Waals surface area contributed by atoms with Gasteiger partial charge in [-0.3, -0.25) is 4.79 Å². The van der Waals surface area contributed by atoms with E-state index in [1.54, 1.807) is 12.3 Å². The number of H-pyrrole nitrogens is 1. The van der Waals surface area contributed by atoms with Gasteiger partial charge >= 0.3 is 0 Å². The number of nitrogens with zero attached hydrogens (tertiary/aromatic N) is 1. The van der Waals surface area contributed by atoms with Crippen molar-refractivity contribution < 1.29 is 9.18 Å². The SMILES string of the molecule is O=C1C(c2c[nH]c3cc(F)ccc23)=CC(=Nc2ccccc2)c2ccccc21. The van der Waals surface area contributed by atoms with Crippen LogP contribution in [0, 0.1) is 5.82 Å². The van der Waals surface area contributed by atoms with E-state index in [1.807, 2.05) is 60.7 Å². The number of carbonyl (C=O) groups excluding carboxylic acids is 1. The van der Waals surface area contributed by atoms with E-state index < -0.39 is 0 Å². The number of nitrogens with one attached hydrogen (secondary N) is 1. The molecule has 0 spiro atoms. The summed E-state index contributed by atoms with van der Waals surface area (Å²) in [7, 11) is 0. The van der Waals surface area contributed by atoms with Gasteiger partial charge in [-0.2, -0.15) is 0 Å². The number of benzene rings is 3. The van der Waals surface area contributed by atoms with Gasteiger partial charge < -0.3 is 4.98 Å². The summed E-state index contributed by atoms with van der Waals surface area (Å²) in [5.41, 5.74) is 4.92. The highest BCUT2D eigenvalue weighted by atomic mass is 19.1. The van der Waals surface area contributed by atoms with E-state index in [-0.39, 0.29) is 11.6 Å². The van der Waals surface area contributed by atoms with Crippen LogP contribution in [-0.2, 0) is 0 Å². The minimum atomic E-state index is -0.318. The molecule has 1 N–H and O–H groups in total. The Morgan fingerprint density at radius 2 is 1.57 bits per heavy atom. The second-order valence-electron chi connectivity index (χ2n) is 6.66. The summed E-state index contributed by atoms with van der Waals surface area (Å²) >= 11 is 0. The topological polar surface area (TPSA) is 45.2 Å². The first-order chi connectivity index (χ1) is 13.7. The van der Waals surface area contributed by atoms with Gasteiger partial charge in [0.25, 0.3) is 0 Å². The predicted octanol–water partition coefficient (Wildman–Crippen LogP) is 5.71. The second-order valence-corrected chi connectivity index (χ2v) is 6.66. The summed E-state index contributed by atoms with van der Waals surface area (Å²) in [6, 6.07) is 21.7. The van der Waals surface area contributed by atoms with E-state index in [0.29, 0.717) is 16.7 Å². The molecule has 4 heteroatoms. The number of ketones is 1.